The summed E-state index contributed by atoms with van der Waals surface area (Å²) in [6, 6.07) is 4.23. The van der Waals surface area contributed by atoms with Crippen molar-refractivity contribution in [2.75, 3.05) is 26.2 Å². The fourth-order valence-corrected chi connectivity index (χ4v) is 4.40. The summed E-state index contributed by atoms with van der Waals surface area (Å²) in [6.07, 6.45) is 7.75. The fourth-order valence-electron chi connectivity index (χ4n) is 4.40. The number of hydrogen-bond acceptors (Lipinski definition) is 3. The molecule has 0 saturated carbocycles. The molecule has 6 nitrogen and oxygen atoms in total. The number of likely N-dealkylation sites (tertiary alicyclic amines) is 2. The van der Waals surface area contributed by atoms with Crippen LogP contribution in [-0.4, -0.2) is 57.4 Å². The maximum absolute atomic E-state index is 12.8. The predicted molar refractivity (Wildman–Crippen MR) is 108 cm³/mol. The van der Waals surface area contributed by atoms with Crippen LogP contribution in [-0.2, 0) is 4.79 Å². The number of amides is 2. The largest absolute Gasteiger partial charge is 0.342 e. The Labute approximate surface area is 166 Å². The number of nitrogens with zero attached hydrogens (tertiary/aromatic N) is 4. The first-order valence-electron chi connectivity index (χ1n) is 10.4. The molecule has 0 bridgehead atoms. The molecular formula is C22H30N4O2. The number of fused-ring (bicyclic) bond motifs is 1. The van der Waals surface area contributed by atoms with Crippen molar-refractivity contribution in [3.05, 3.63) is 35.7 Å². The van der Waals surface area contributed by atoms with Gasteiger partial charge in [0.1, 0.15) is 0 Å². The number of aromatic nitrogens is 2. The number of pyridine rings is 1. The molecule has 2 fully saturated rings. The van der Waals surface area contributed by atoms with E-state index in [1.807, 2.05) is 36.8 Å². The zero-order valence-corrected chi connectivity index (χ0v) is 17.1. The van der Waals surface area contributed by atoms with Crippen molar-refractivity contribution < 1.29 is 9.59 Å². The van der Waals surface area contributed by atoms with E-state index < -0.39 is 0 Å². The van der Waals surface area contributed by atoms with Gasteiger partial charge in [-0.05, 0) is 49.3 Å². The zero-order valence-electron chi connectivity index (χ0n) is 17.1. The minimum absolute atomic E-state index is 0.0928. The second kappa shape index (κ2) is 7.22. The molecule has 0 aliphatic carbocycles. The lowest BCUT2D eigenvalue weighted by atomic mass is 9.87. The Morgan fingerprint density at radius 3 is 2.36 bits per heavy atom. The third kappa shape index (κ3) is 3.52. The highest BCUT2D eigenvalue weighted by Crippen LogP contribution is 2.31. The molecule has 0 aromatic carbocycles. The Balaban J connectivity index is 1.51. The maximum Gasteiger partial charge on any atom is 0.257 e. The normalized spacial score (nSPS) is 18.8. The molecule has 0 unspecified atom stereocenters. The van der Waals surface area contributed by atoms with E-state index in [1.165, 1.54) is 5.56 Å². The molecule has 2 aromatic heterocycles. The third-order valence-corrected chi connectivity index (χ3v) is 6.06. The lowest BCUT2D eigenvalue weighted by molar-refractivity contribution is -0.140. The number of carbonyl (C=O) groups is 2. The van der Waals surface area contributed by atoms with Gasteiger partial charge in [0.05, 0.1) is 17.3 Å². The molecule has 2 saturated heterocycles. The highest BCUT2D eigenvalue weighted by Gasteiger charge is 2.31. The van der Waals surface area contributed by atoms with Crippen LogP contribution in [0.25, 0.3) is 5.52 Å². The molecule has 4 heterocycles. The quantitative estimate of drug-likeness (QED) is 0.801. The number of piperidine rings is 1. The highest BCUT2D eigenvalue weighted by molar-refractivity contribution is 6.00. The maximum atomic E-state index is 12.8. The average Bonchev–Trinajstić information content (AvgIpc) is 3.36. The van der Waals surface area contributed by atoms with Gasteiger partial charge in [-0.25, -0.2) is 4.52 Å². The summed E-state index contributed by atoms with van der Waals surface area (Å²) >= 11 is 0. The van der Waals surface area contributed by atoms with Crippen LogP contribution in [0.15, 0.2) is 24.5 Å². The van der Waals surface area contributed by atoms with Gasteiger partial charge in [0, 0.05) is 37.8 Å². The third-order valence-electron chi connectivity index (χ3n) is 6.06. The summed E-state index contributed by atoms with van der Waals surface area (Å²) in [6.45, 7) is 9.22. The SMILES string of the molecule is CC(C)(C)C(=O)N1CCC(c2ccn3ncc(C(=O)N4CCCC4)c3c2)CC1. The molecule has 0 spiro atoms. The molecule has 150 valence electrons. The van der Waals surface area contributed by atoms with Gasteiger partial charge in [-0.2, -0.15) is 5.10 Å². The zero-order chi connectivity index (χ0) is 19.9. The first-order valence-corrected chi connectivity index (χ1v) is 10.4. The molecule has 2 aliphatic heterocycles. The van der Waals surface area contributed by atoms with Crippen LogP contribution in [0.3, 0.4) is 0 Å². The van der Waals surface area contributed by atoms with Crippen LogP contribution < -0.4 is 0 Å². The first-order chi connectivity index (χ1) is 13.3. The molecule has 6 heteroatoms. The average molecular weight is 383 g/mol. The van der Waals surface area contributed by atoms with Gasteiger partial charge in [0.25, 0.3) is 5.91 Å². The first kappa shape index (κ1) is 19.0. The van der Waals surface area contributed by atoms with Crippen LogP contribution >= 0.6 is 0 Å². The molecule has 0 atom stereocenters. The fraction of sp³-hybridized carbons (Fsp3) is 0.591. The van der Waals surface area contributed by atoms with Crippen molar-refractivity contribution in [3.63, 3.8) is 0 Å². The summed E-state index contributed by atoms with van der Waals surface area (Å²) < 4.78 is 1.80. The van der Waals surface area contributed by atoms with E-state index in [0.717, 1.165) is 57.4 Å². The summed E-state index contributed by atoms with van der Waals surface area (Å²) in [4.78, 5) is 29.3. The van der Waals surface area contributed by atoms with E-state index in [9.17, 15) is 9.59 Å². The molecule has 4 rings (SSSR count). The van der Waals surface area contributed by atoms with Gasteiger partial charge in [-0.15, -0.1) is 0 Å². The van der Waals surface area contributed by atoms with Gasteiger partial charge in [0.15, 0.2) is 0 Å². The van der Waals surface area contributed by atoms with E-state index in [4.69, 9.17) is 0 Å². The molecular weight excluding hydrogens is 352 g/mol. The van der Waals surface area contributed by atoms with Crippen molar-refractivity contribution in [2.24, 2.45) is 5.41 Å². The van der Waals surface area contributed by atoms with Crippen molar-refractivity contribution >= 4 is 17.3 Å². The minimum Gasteiger partial charge on any atom is -0.342 e. The summed E-state index contributed by atoms with van der Waals surface area (Å²) in [5.41, 5.74) is 2.51. The topological polar surface area (TPSA) is 57.9 Å². The van der Waals surface area contributed by atoms with Crippen LogP contribution in [0.4, 0.5) is 0 Å². The smallest absolute Gasteiger partial charge is 0.257 e. The standard InChI is InChI=1S/C22H30N4O2/c1-22(2,3)21(28)25-11-6-16(7-12-25)17-8-13-26-19(14-17)18(15-23-26)20(27)24-9-4-5-10-24/h8,13-16H,4-7,9-12H2,1-3H3. The van der Waals surface area contributed by atoms with Crippen LogP contribution in [0.1, 0.15) is 68.3 Å². The molecule has 0 radical (unpaired) electrons. The number of carbonyl (C=O) groups excluding carboxylic acids is 2. The molecule has 0 N–H and O–H groups in total. The van der Waals surface area contributed by atoms with E-state index >= 15 is 0 Å². The van der Waals surface area contributed by atoms with Crippen molar-refractivity contribution in [1.29, 1.82) is 0 Å². The lowest BCUT2D eigenvalue weighted by Crippen LogP contribution is -2.43. The Morgan fingerprint density at radius 2 is 1.71 bits per heavy atom. The molecule has 2 amide bonds. The van der Waals surface area contributed by atoms with E-state index in [1.54, 1.807) is 10.7 Å². The van der Waals surface area contributed by atoms with Crippen LogP contribution in [0.2, 0.25) is 0 Å². The monoisotopic (exact) mass is 382 g/mol. The van der Waals surface area contributed by atoms with Gasteiger partial charge in [0.2, 0.25) is 5.91 Å². The van der Waals surface area contributed by atoms with E-state index in [-0.39, 0.29) is 17.2 Å². The van der Waals surface area contributed by atoms with Gasteiger partial charge >= 0.3 is 0 Å². The second-order valence-corrected chi connectivity index (χ2v) is 9.16. The molecule has 2 aromatic rings. The van der Waals surface area contributed by atoms with Crippen LogP contribution in [0.5, 0.6) is 0 Å². The summed E-state index contributed by atoms with van der Waals surface area (Å²) in [7, 11) is 0. The summed E-state index contributed by atoms with van der Waals surface area (Å²) in [5.74, 6) is 0.740. The molecule has 2 aliphatic rings. The Kier molecular flexibility index (Phi) is 4.89. The second-order valence-electron chi connectivity index (χ2n) is 9.16. The Bertz CT molecular complexity index is 882. The predicted octanol–water partition coefficient (Wildman–Crippen LogP) is 3.32. The number of hydrogen-bond donors (Lipinski definition) is 0. The molecule has 28 heavy (non-hydrogen) atoms. The van der Waals surface area contributed by atoms with Crippen molar-refractivity contribution in [3.8, 4) is 0 Å². The summed E-state index contributed by atoms with van der Waals surface area (Å²) in [5, 5.41) is 4.38. The van der Waals surface area contributed by atoms with Crippen molar-refractivity contribution in [2.45, 2.75) is 52.4 Å². The number of rotatable bonds is 2. The Hall–Kier alpha value is -2.37. The van der Waals surface area contributed by atoms with Crippen molar-refractivity contribution in [1.82, 2.24) is 19.4 Å². The van der Waals surface area contributed by atoms with Crippen LogP contribution in [0, 0.1) is 5.41 Å². The highest BCUT2D eigenvalue weighted by atomic mass is 16.2. The minimum atomic E-state index is -0.325. The Morgan fingerprint density at radius 1 is 1.04 bits per heavy atom. The van der Waals surface area contributed by atoms with Gasteiger partial charge in [-0.1, -0.05) is 20.8 Å². The van der Waals surface area contributed by atoms with Gasteiger partial charge in [-0.3, -0.25) is 9.59 Å². The van der Waals surface area contributed by atoms with Gasteiger partial charge < -0.3 is 9.80 Å². The van der Waals surface area contributed by atoms with E-state index in [0.29, 0.717) is 11.5 Å². The van der Waals surface area contributed by atoms with E-state index in [2.05, 4.69) is 17.2 Å². The lowest BCUT2D eigenvalue weighted by Gasteiger charge is -2.36.